The summed E-state index contributed by atoms with van der Waals surface area (Å²) in [5.41, 5.74) is 1.23. The highest BCUT2D eigenvalue weighted by atomic mass is 16.5. The van der Waals surface area contributed by atoms with Gasteiger partial charge < -0.3 is 19.0 Å². The minimum absolute atomic E-state index is 0.152. The van der Waals surface area contributed by atoms with E-state index in [-0.39, 0.29) is 19.0 Å². The third-order valence-corrected chi connectivity index (χ3v) is 8.48. The fourth-order valence-corrected chi connectivity index (χ4v) is 6.59. The Labute approximate surface area is 236 Å². The largest absolute Gasteiger partial charge is 0.468 e. The van der Waals surface area contributed by atoms with Crippen molar-refractivity contribution in [3.8, 4) is 11.1 Å². The smallest absolute Gasteiger partial charge is 0.325 e. The molecule has 210 valence electrons. The lowest BCUT2D eigenvalue weighted by Gasteiger charge is -2.46. The molecule has 4 heterocycles. The van der Waals surface area contributed by atoms with E-state index >= 15 is 0 Å². The van der Waals surface area contributed by atoms with Crippen LogP contribution in [-0.4, -0.2) is 70.0 Å². The molecule has 3 saturated heterocycles. The van der Waals surface area contributed by atoms with Gasteiger partial charge in [0.25, 0.3) is 0 Å². The molecule has 0 saturated carbocycles. The first-order chi connectivity index (χ1) is 19.6. The van der Waals surface area contributed by atoms with Crippen molar-refractivity contribution >= 4 is 29.6 Å². The van der Waals surface area contributed by atoms with E-state index in [1.807, 2.05) is 54.6 Å². The Hall–Kier alpha value is -4.73. The van der Waals surface area contributed by atoms with Gasteiger partial charge in [0.1, 0.15) is 36.2 Å². The predicted octanol–water partition coefficient (Wildman–Crippen LogP) is 2.71. The van der Waals surface area contributed by atoms with Crippen molar-refractivity contribution in [3.63, 3.8) is 0 Å². The zero-order chi connectivity index (χ0) is 29.1. The number of fused-ring (bicyclic) bond motifs is 3. The Morgan fingerprint density at radius 2 is 1.63 bits per heavy atom. The number of esters is 1. The van der Waals surface area contributed by atoms with Crippen LogP contribution < -0.4 is 0 Å². The topological polar surface area (TPSA) is 117 Å². The molecule has 3 aliphatic rings. The van der Waals surface area contributed by atoms with E-state index in [1.54, 1.807) is 19.1 Å². The minimum atomic E-state index is -1.66. The van der Waals surface area contributed by atoms with Crippen LogP contribution in [-0.2, 0) is 35.3 Å². The van der Waals surface area contributed by atoms with Crippen molar-refractivity contribution in [2.75, 3.05) is 20.2 Å². The number of hydrogen-bond donors (Lipinski definition) is 0. The number of furan rings is 1. The predicted molar refractivity (Wildman–Crippen MR) is 144 cm³/mol. The van der Waals surface area contributed by atoms with Crippen LogP contribution in [0, 0.1) is 18.8 Å². The maximum absolute atomic E-state index is 14.3. The Balaban J connectivity index is 1.35. The van der Waals surface area contributed by atoms with Gasteiger partial charge in [-0.3, -0.25) is 28.9 Å². The van der Waals surface area contributed by atoms with Gasteiger partial charge in [-0.15, -0.1) is 0 Å². The first-order valence-corrected chi connectivity index (χ1v) is 13.4. The van der Waals surface area contributed by atoms with Gasteiger partial charge in [0.05, 0.1) is 18.9 Å². The van der Waals surface area contributed by atoms with Gasteiger partial charge in [0.15, 0.2) is 0 Å². The number of carbonyl (C=O) groups excluding carboxylic acids is 5. The van der Waals surface area contributed by atoms with Gasteiger partial charge in [-0.05, 0) is 42.7 Å². The zero-order valence-electron chi connectivity index (χ0n) is 22.9. The second-order valence-electron chi connectivity index (χ2n) is 10.9. The highest BCUT2D eigenvalue weighted by molar-refractivity contribution is 6.13. The van der Waals surface area contributed by atoms with E-state index in [2.05, 4.69) is 0 Å². The zero-order valence-corrected chi connectivity index (χ0v) is 22.9. The molecule has 1 aromatic heterocycles. The summed E-state index contributed by atoms with van der Waals surface area (Å²) in [7, 11) is 1.17. The van der Waals surface area contributed by atoms with E-state index in [9.17, 15) is 24.0 Å². The molecule has 4 amide bonds. The summed E-state index contributed by atoms with van der Waals surface area (Å²) in [5, 5.41) is 0. The number of aryl methyl sites for hydroxylation is 1. The number of piperazine rings is 1. The summed E-state index contributed by atoms with van der Waals surface area (Å²) < 4.78 is 10.5. The van der Waals surface area contributed by atoms with Crippen LogP contribution >= 0.6 is 0 Å². The second-order valence-corrected chi connectivity index (χ2v) is 10.9. The molecule has 0 aliphatic carbocycles. The fraction of sp³-hybridized carbons (Fsp3) is 0.323. The summed E-state index contributed by atoms with van der Waals surface area (Å²) in [6, 6.07) is 20.0. The number of nitrogens with zero attached hydrogens (tertiary/aromatic N) is 3. The number of benzene rings is 2. The molecule has 3 aliphatic heterocycles. The quantitative estimate of drug-likeness (QED) is 0.339. The van der Waals surface area contributed by atoms with Crippen LogP contribution in [0.4, 0.5) is 0 Å². The SMILES string of the molecule is COC(=O)CN1C(=O)[C@H]2[C@@H](c3ccc(C)o3)N3C(=O)CN(Cc4ccc(-c5ccccc5)cc4)C(=O)[C@@]3(C)[C@H]2C1=O. The van der Waals surface area contributed by atoms with E-state index in [0.717, 1.165) is 21.6 Å². The highest BCUT2D eigenvalue weighted by Gasteiger charge is 2.73. The van der Waals surface area contributed by atoms with Crippen LogP contribution in [0.3, 0.4) is 0 Å². The monoisotopic (exact) mass is 555 g/mol. The molecule has 0 N–H and O–H groups in total. The molecule has 41 heavy (non-hydrogen) atoms. The average Bonchev–Trinajstić information content (AvgIpc) is 3.60. The van der Waals surface area contributed by atoms with Crippen molar-refractivity contribution in [1.82, 2.24) is 14.7 Å². The Morgan fingerprint density at radius 3 is 2.27 bits per heavy atom. The Kier molecular flexibility index (Phi) is 6.28. The number of amides is 4. The lowest BCUT2D eigenvalue weighted by Crippen LogP contribution is -2.67. The molecule has 4 atom stereocenters. The highest BCUT2D eigenvalue weighted by Crippen LogP contribution is 2.56. The summed E-state index contributed by atoms with van der Waals surface area (Å²) in [5.74, 6) is -4.30. The maximum atomic E-state index is 14.3. The van der Waals surface area contributed by atoms with Crippen molar-refractivity contribution in [1.29, 1.82) is 0 Å². The van der Waals surface area contributed by atoms with Crippen LogP contribution in [0.5, 0.6) is 0 Å². The lowest BCUT2D eigenvalue weighted by molar-refractivity contribution is -0.169. The molecular formula is C31H29N3O7. The van der Waals surface area contributed by atoms with Gasteiger partial charge >= 0.3 is 5.97 Å². The Morgan fingerprint density at radius 1 is 0.951 bits per heavy atom. The molecule has 3 aromatic rings. The number of methoxy groups -OCH3 is 1. The van der Waals surface area contributed by atoms with Crippen molar-refractivity contribution in [2.45, 2.75) is 32.0 Å². The second kappa shape index (κ2) is 9.72. The molecular weight excluding hydrogens is 526 g/mol. The number of carbonyl (C=O) groups is 5. The number of imide groups is 1. The van der Waals surface area contributed by atoms with Crippen molar-refractivity contribution in [2.24, 2.45) is 11.8 Å². The van der Waals surface area contributed by atoms with Crippen LogP contribution in [0.2, 0.25) is 0 Å². The Bertz CT molecular complexity index is 1560. The third kappa shape index (κ3) is 4.04. The van der Waals surface area contributed by atoms with Crippen molar-refractivity contribution in [3.05, 3.63) is 83.8 Å². The molecule has 3 fully saturated rings. The van der Waals surface area contributed by atoms with E-state index in [4.69, 9.17) is 9.15 Å². The van der Waals surface area contributed by atoms with Gasteiger partial charge in [-0.2, -0.15) is 0 Å². The van der Waals surface area contributed by atoms with Gasteiger partial charge in [-0.1, -0.05) is 54.6 Å². The first kappa shape index (κ1) is 26.5. The normalized spacial score (nSPS) is 25.5. The fourth-order valence-electron chi connectivity index (χ4n) is 6.59. The number of hydrogen-bond acceptors (Lipinski definition) is 7. The molecule has 0 spiro atoms. The molecule has 0 unspecified atom stereocenters. The number of likely N-dealkylation sites (tertiary alicyclic amines) is 1. The molecule has 2 aromatic carbocycles. The third-order valence-electron chi connectivity index (χ3n) is 8.48. The van der Waals surface area contributed by atoms with Gasteiger partial charge in [0.2, 0.25) is 23.6 Å². The van der Waals surface area contributed by atoms with Crippen LogP contribution in [0.15, 0.2) is 71.1 Å². The van der Waals surface area contributed by atoms with Crippen LogP contribution in [0.25, 0.3) is 11.1 Å². The molecule has 10 nitrogen and oxygen atoms in total. The van der Waals surface area contributed by atoms with Gasteiger partial charge in [0, 0.05) is 6.54 Å². The number of ether oxygens (including phenoxy) is 1. The lowest BCUT2D eigenvalue weighted by atomic mass is 9.79. The summed E-state index contributed by atoms with van der Waals surface area (Å²) >= 11 is 0. The maximum Gasteiger partial charge on any atom is 0.325 e. The standard InChI is InChI=1S/C31H29N3O7/c1-18-9-14-22(41-18)27-25-26(29(38)33(28(25)37)17-24(36)40-3)31(2)30(39)32(16-23(35)34(27)31)15-19-10-12-21(13-11-19)20-7-5-4-6-8-20/h4-14,25-27H,15-17H2,1-3H3/t25-,26-,27-,31-/m1/s1. The van der Waals surface area contributed by atoms with E-state index in [0.29, 0.717) is 11.5 Å². The van der Waals surface area contributed by atoms with Crippen LogP contribution in [0.1, 0.15) is 30.0 Å². The number of rotatable bonds is 6. The first-order valence-electron chi connectivity index (χ1n) is 13.4. The molecule has 6 rings (SSSR count). The molecule has 0 radical (unpaired) electrons. The minimum Gasteiger partial charge on any atom is -0.468 e. The summed E-state index contributed by atoms with van der Waals surface area (Å²) in [4.78, 5) is 71.1. The molecule has 0 bridgehead atoms. The summed E-state index contributed by atoms with van der Waals surface area (Å²) in [6.45, 7) is 2.64. The van der Waals surface area contributed by atoms with E-state index in [1.165, 1.54) is 23.8 Å². The van der Waals surface area contributed by atoms with Gasteiger partial charge in [-0.25, -0.2) is 0 Å². The summed E-state index contributed by atoms with van der Waals surface area (Å²) in [6.07, 6.45) is 0. The molecule has 10 heteroatoms. The van der Waals surface area contributed by atoms with E-state index < -0.39 is 53.7 Å². The van der Waals surface area contributed by atoms with Crippen molar-refractivity contribution < 1.29 is 33.1 Å². The average molecular weight is 556 g/mol.